The third-order valence-electron chi connectivity index (χ3n) is 1.22. The highest BCUT2D eigenvalue weighted by Gasteiger charge is 2.14. The number of amides is 1. The summed E-state index contributed by atoms with van der Waals surface area (Å²) in [5.41, 5.74) is 0.171. The standard InChI is InChI=1S/C8H6BrNO2/c1-5(11)10-8-6(9)3-2-4-7(8)12/h2-4H,1H3. The first-order valence-electron chi connectivity index (χ1n) is 3.29. The summed E-state index contributed by atoms with van der Waals surface area (Å²) in [6.07, 6.45) is 4.64. The van der Waals surface area contributed by atoms with Crippen LogP contribution in [0.5, 0.6) is 0 Å². The van der Waals surface area contributed by atoms with Gasteiger partial charge in [0, 0.05) is 11.4 Å². The first kappa shape index (κ1) is 9.06. The van der Waals surface area contributed by atoms with Crippen LogP contribution in [0.4, 0.5) is 0 Å². The van der Waals surface area contributed by atoms with Gasteiger partial charge in [-0.15, -0.1) is 0 Å². The summed E-state index contributed by atoms with van der Waals surface area (Å²) < 4.78 is 0.546. The van der Waals surface area contributed by atoms with Crippen molar-refractivity contribution >= 4 is 33.3 Å². The predicted molar refractivity (Wildman–Crippen MR) is 49.3 cm³/mol. The Morgan fingerprint density at radius 1 is 1.58 bits per heavy atom. The molecule has 0 saturated carbocycles. The molecule has 62 valence electrons. The molecule has 0 bridgehead atoms. The number of ketones is 1. The molecular formula is C8H6BrNO2. The Kier molecular flexibility index (Phi) is 2.70. The minimum atomic E-state index is -0.376. The summed E-state index contributed by atoms with van der Waals surface area (Å²) in [7, 11) is 0. The molecule has 1 aliphatic carbocycles. The lowest BCUT2D eigenvalue weighted by molar-refractivity contribution is -0.116. The van der Waals surface area contributed by atoms with E-state index >= 15 is 0 Å². The van der Waals surface area contributed by atoms with E-state index in [1.807, 2.05) is 0 Å². The number of nitrogens with zero attached hydrogens (tertiary/aromatic N) is 1. The fourth-order valence-corrected chi connectivity index (χ4v) is 1.20. The third kappa shape index (κ3) is 1.98. The molecule has 1 aliphatic rings. The van der Waals surface area contributed by atoms with E-state index in [9.17, 15) is 9.59 Å². The number of hydrogen-bond acceptors (Lipinski definition) is 2. The second kappa shape index (κ2) is 3.58. The molecule has 1 amide bonds. The van der Waals surface area contributed by atoms with Crippen LogP contribution in [0.1, 0.15) is 6.92 Å². The van der Waals surface area contributed by atoms with Gasteiger partial charge in [-0.3, -0.25) is 9.59 Å². The molecule has 0 spiro atoms. The van der Waals surface area contributed by atoms with E-state index in [-0.39, 0.29) is 17.4 Å². The fraction of sp³-hybridized carbons (Fsp3) is 0.125. The van der Waals surface area contributed by atoms with E-state index in [2.05, 4.69) is 20.9 Å². The summed E-state index contributed by atoms with van der Waals surface area (Å²) in [4.78, 5) is 25.3. The van der Waals surface area contributed by atoms with E-state index in [0.717, 1.165) is 0 Å². The van der Waals surface area contributed by atoms with E-state index in [0.29, 0.717) is 4.48 Å². The number of carbonyl (C=O) groups excluding carboxylic acids is 2. The highest BCUT2D eigenvalue weighted by Crippen LogP contribution is 2.13. The van der Waals surface area contributed by atoms with Gasteiger partial charge < -0.3 is 0 Å². The van der Waals surface area contributed by atoms with Crippen molar-refractivity contribution in [2.75, 3.05) is 0 Å². The van der Waals surface area contributed by atoms with Gasteiger partial charge in [0.1, 0.15) is 5.71 Å². The average molecular weight is 228 g/mol. The molecule has 0 aromatic rings. The van der Waals surface area contributed by atoms with Crippen LogP contribution < -0.4 is 0 Å². The Morgan fingerprint density at radius 2 is 2.25 bits per heavy atom. The van der Waals surface area contributed by atoms with Crippen LogP contribution >= 0.6 is 15.9 Å². The van der Waals surface area contributed by atoms with Gasteiger partial charge in [0.25, 0.3) is 0 Å². The molecule has 0 fully saturated rings. The number of rotatable bonds is 0. The van der Waals surface area contributed by atoms with E-state index in [4.69, 9.17) is 0 Å². The maximum atomic E-state index is 11.1. The summed E-state index contributed by atoms with van der Waals surface area (Å²) >= 11 is 3.13. The monoisotopic (exact) mass is 227 g/mol. The molecule has 0 aliphatic heterocycles. The molecule has 4 heteroatoms. The molecule has 12 heavy (non-hydrogen) atoms. The maximum absolute atomic E-state index is 11.1. The first-order chi connectivity index (χ1) is 5.61. The van der Waals surface area contributed by atoms with E-state index in [1.165, 1.54) is 13.0 Å². The number of hydrogen-bond donors (Lipinski definition) is 0. The molecular weight excluding hydrogens is 222 g/mol. The Hall–Kier alpha value is -1.03. The van der Waals surface area contributed by atoms with Gasteiger partial charge in [0.15, 0.2) is 0 Å². The van der Waals surface area contributed by atoms with Crippen LogP contribution in [0.25, 0.3) is 0 Å². The van der Waals surface area contributed by atoms with Crippen LogP contribution in [0.2, 0.25) is 0 Å². The third-order valence-corrected chi connectivity index (χ3v) is 1.86. The second-order valence-electron chi connectivity index (χ2n) is 2.22. The zero-order chi connectivity index (χ0) is 9.14. The highest BCUT2D eigenvalue weighted by atomic mass is 79.9. The Morgan fingerprint density at radius 3 is 2.75 bits per heavy atom. The molecule has 0 unspecified atom stereocenters. The number of carbonyl (C=O) groups is 2. The zero-order valence-corrected chi connectivity index (χ0v) is 7.96. The molecule has 1 rings (SSSR count). The van der Waals surface area contributed by atoms with Gasteiger partial charge in [-0.1, -0.05) is 6.08 Å². The summed E-state index contributed by atoms with van der Waals surface area (Å²) in [6.45, 7) is 1.30. The second-order valence-corrected chi connectivity index (χ2v) is 3.07. The normalized spacial score (nSPS) is 19.7. The van der Waals surface area contributed by atoms with Gasteiger partial charge in [-0.2, -0.15) is 0 Å². The first-order valence-corrected chi connectivity index (χ1v) is 4.08. The Bertz CT molecular complexity index is 326. The smallest absolute Gasteiger partial charge is 0.243 e. The lowest BCUT2D eigenvalue weighted by Crippen LogP contribution is -2.15. The van der Waals surface area contributed by atoms with Crippen molar-refractivity contribution in [2.24, 2.45) is 4.99 Å². The van der Waals surface area contributed by atoms with Crippen LogP contribution in [0, 0.1) is 0 Å². The molecule has 0 aromatic heterocycles. The van der Waals surface area contributed by atoms with Gasteiger partial charge in [0.2, 0.25) is 11.7 Å². The Labute approximate surface area is 78.0 Å². The lowest BCUT2D eigenvalue weighted by Gasteiger charge is -2.02. The molecule has 3 nitrogen and oxygen atoms in total. The van der Waals surface area contributed by atoms with Crippen LogP contribution in [-0.2, 0) is 9.59 Å². The number of allylic oxidation sites excluding steroid dienone is 4. The zero-order valence-electron chi connectivity index (χ0n) is 6.37. The molecule has 0 heterocycles. The lowest BCUT2D eigenvalue weighted by atomic mass is 10.1. The van der Waals surface area contributed by atoms with Crippen molar-refractivity contribution in [2.45, 2.75) is 6.92 Å². The SMILES string of the molecule is CC(=O)N=C1C(=O)C=CC=C1Br. The topological polar surface area (TPSA) is 46.5 Å². The van der Waals surface area contributed by atoms with Crippen LogP contribution in [0.3, 0.4) is 0 Å². The van der Waals surface area contributed by atoms with E-state index in [1.54, 1.807) is 12.2 Å². The molecule has 0 radical (unpaired) electrons. The predicted octanol–water partition coefficient (Wildman–Crippen LogP) is 1.39. The van der Waals surface area contributed by atoms with Crippen LogP contribution in [-0.4, -0.2) is 17.4 Å². The number of halogens is 1. The largest absolute Gasteiger partial charge is 0.287 e. The number of aliphatic imine (C=N–C) groups is 1. The minimum Gasteiger partial charge on any atom is -0.287 e. The summed E-state index contributed by atoms with van der Waals surface area (Å²) in [5, 5.41) is 0. The quantitative estimate of drug-likeness (QED) is 0.588. The van der Waals surface area contributed by atoms with Crippen molar-refractivity contribution in [1.82, 2.24) is 0 Å². The van der Waals surface area contributed by atoms with Crippen LogP contribution in [0.15, 0.2) is 27.7 Å². The van der Waals surface area contributed by atoms with Gasteiger partial charge in [0.05, 0.1) is 0 Å². The molecule has 0 atom stereocenters. The van der Waals surface area contributed by atoms with Gasteiger partial charge >= 0.3 is 0 Å². The van der Waals surface area contributed by atoms with Gasteiger partial charge in [-0.05, 0) is 28.1 Å². The summed E-state index contributed by atoms with van der Waals surface area (Å²) in [5.74, 6) is -0.626. The van der Waals surface area contributed by atoms with Crippen molar-refractivity contribution < 1.29 is 9.59 Å². The van der Waals surface area contributed by atoms with Crippen molar-refractivity contribution in [3.63, 3.8) is 0 Å². The highest BCUT2D eigenvalue weighted by molar-refractivity contribution is 9.12. The molecule has 0 saturated heterocycles. The fourth-order valence-electron chi connectivity index (χ4n) is 0.762. The Balaban J connectivity index is 3.05. The summed E-state index contributed by atoms with van der Waals surface area (Å²) in [6, 6.07) is 0. The van der Waals surface area contributed by atoms with Crippen molar-refractivity contribution in [3.05, 3.63) is 22.7 Å². The van der Waals surface area contributed by atoms with Gasteiger partial charge in [-0.25, -0.2) is 4.99 Å². The average Bonchev–Trinajstić information content (AvgIpc) is 1.97. The molecule has 0 aromatic carbocycles. The molecule has 0 N–H and O–H groups in total. The van der Waals surface area contributed by atoms with E-state index < -0.39 is 0 Å². The minimum absolute atomic E-state index is 0.171. The van der Waals surface area contributed by atoms with Crippen molar-refractivity contribution in [1.29, 1.82) is 0 Å². The maximum Gasteiger partial charge on any atom is 0.243 e. The van der Waals surface area contributed by atoms with Crippen molar-refractivity contribution in [3.8, 4) is 0 Å².